The number of fused-ring (bicyclic) bond motifs is 1. The van der Waals surface area contributed by atoms with Gasteiger partial charge in [0.15, 0.2) is 0 Å². The van der Waals surface area contributed by atoms with Crippen molar-refractivity contribution in [3.63, 3.8) is 0 Å². The van der Waals surface area contributed by atoms with Gasteiger partial charge in [-0.2, -0.15) is 0 Å². The Kier molecular flexibility index (Phi) is 5.60. The van der Waals surface area contributed by atoms with Crippen molar-refractivity contribution in [2.45, 2.75) is 0 Å². The van der Waals surface area contributed by atoms with Crippen molar-refractivity contribution in [2.24, 2.45) is 0 Å². The number of rotatable bonds is 5. The maximum Gasteiger partial charge on any atom is 0.255 e. The van der Waals surface area contributed by atoms with Crippen molar-refractivity contribution in [3.8, 4) is 11.4 Å². The number of methoxy groups -OCH3 is 1. The fourth-order valence-corrected chi connectivity index (χ4v) is 3.37. The van der Waals surface area contributed by atoms with E-state index in [4.69, 9.17) is 16.3 Å². The molecule has 0 fully saturated rings. The second kappa shape index (κ2) is 8.49. The van der Waals surface area contributed by atoms with Gasteiger partial charge >= 0.3 is 0 Å². The van der Waals surface area contributed by atoms with Gasteiger partial charge in [-0.25, -0.2) is 4.98 Å². The maximum atomic E-state index is 13.0. The molecule has 156 valence electrons. The lowest BCUT2D eigenvalue weighted by Crippen LogP contribution is -2.19. The van der Waals surface area contributed by atoms with Crippen LogP contribution in [0.3, 0.4) is 0 Å². The van der Waals surface area contributed by atoms with E-state index in [1.807, 2.05) is 16.7 Å². The SMILES string of the molecule is CNC(=O)c1ccc(OC)c(NC(=O)c2ccc3ncn(-c4ccc(Cl)cc4)c3c2)c1. The van der Waals surface area contributed by atoms with Crippen molar-refractivity contribution >= 4 is 40.1 Å². The van der Waals surface area contributed by atoms with Crippen LogP contribution in [-0.2, 0) is 0 Å². The van der Waals surface area contributed by atoms with Crippen LogP contribution in [0.2, 0.25) is 5.02 Å². The van der Waals surface area contributed by atoms with Gasteiger partial charge in [-0.3, -0.25) is 14.2 Å². The summed E-state index contributed by atoms with van der Waals surface area (Å²) in [7, 11) is 3.05. The van der Waals surface area contributed by atoms with Crippen LogP contribution < -0.4 is 15.4 Å². The van der Waals surface area contributed by atoms with E-state index in [9.17, 15) is 9.59 Å². The highest BCUT2D eigenvalue weighted by Crippen LogP contribution is 2.27. The molecular formula is C23H19ClN4O3. The summed E-state index contributed by atoms with van der Waals surface area (Å²) >= 11 is 5.99. The van der Waals surface area contributed by atoms with Crippen LogP contribution in [-0.4, -0.2) is 35.5 Å². The molecule has 2 amide bonds. The molecule has 3 aromatic carbocycles. The van der Waals surface area contributed by atoms with Gasteiger partial charge in [0.2, 0.25) is 0 Å². The number of imidazole rings is 1. The van der Waals surface area contributed by atoms with Crippen molar-refractivity contribution in [1.82, 2.24) is 14.9 Å². The fourth-order valence-electron chi connectivity index (χ4n) is 3.24. The van der Waals surface area contributed by atoms with Gasteiger partial charge in [-0.05, 0) is 60.7 Å². The number of carbonyl (C=O) groups is 2. The first-order valence-corrected chi connectivity index (χ1v) is 9.82. The van der Waals surface area contributed by atoms with Crippen LogP contribution in [0, 0.1) is 0 Å². The molecule has 0 unspecified atom stereocenters. The number of halogens is 1. The number of carbonyl (C=O) groups excluding carboxylic acids is 2. The first kappa shape index (κ1) is 20.4. The Morgan fingerprint density at radius 3 is 2.39 bits per heavy atom. The number of amides is 2. The minimum absolute atomic E-state index is 0.258. The topological polar surface area (TPSA) is 85.2 Å². The van der Waals surface area contributed by atoms with E-state index < -0.39 is 0 Å². The lowest BCUT2D eigenvalue weighted by molar-refractivity contribution is 0.0961. The number of benzene rings is 3. The number of ether oxygens (including phenoxy) is 1. The number of hydrogen-bond donors (Lipinski definition) is 2. The summed E-state index contributed by atoms with van der Waals surface area (Å²) in [4.78, 5) is 29.3. The standard InChI is InChI=1S/C23H19ClN4O3/c1-25-22(29)14-4-10-21(31-2)19(11-14)27-23(30)15-3-9-18-20(12-15)28(13-26-18)17-7-5-16(24)6-8-17/h3-13H,1-2H3,(H,25,29)(H,27,30). The first-order chi connectivity index (χ1) is 15.0. The number of anilines is 1. The molecule has 0 bridgehead atoms. The predicted molar refractivity (Wildman–Crippen MR) is 120 cm³/mol. The molecule has 8 heteroatoms. The number of nitrogens with zero attached hydrogens (tertiary/aromatic N) is 2. The van der Waals surface area contributed by atoms with Gasteiger partial charge in [0.1, 0.15) is 12.1 Å². The zero-order valence-electron chi connectivity index (χ0n) is 16.8. The fraction of sp³-hybridized carbons (Fsp3) is 0.0870. The van der Waals surface area contributed by atoms with E-state index in [2.05, 4.69) is 15.6 Å². The van der Waals surface area contributed by atoms with Crippen LogP contribution >= 0.6 is 11.6 Å². The number of aromatic nitrogens is 2. The van der Waals surface area contributed by atoms with Gasteiger partial charge in [-0.15, -0.1) is 0 Å². The minimum Gasteiger partial charge on any atom is -0.495 e. The first-order valence-electron chi connectivity index (χ1n) is 9.44. The third-order valence-corrected chi connectivity index (χ3v) is 5.10. The molecule has 2 N–H and O–H groups in total. The summed E-state index contributed by atoms with van der Waals surface area (Å²) in [5.41, 5.74) is 3.67. The van der Waals surface area contributed by atoms with Crippen molar-refractivity contribution in [3.05, 3.63) is 83.1 Å². The second-order valence-electron chi connectivity index (χ2n) is 6.74. The largest absolute Gasteiger partial charge is 0.495 e. The Bertz CT molecular complexity index is 1280. The molecule has 31 heavy (non-hydrogen) atoms. The molecule has 0 spiro atoms. The lowest BCUT2D eigenvalue weighted by Gasteiger charge is -2.12. The van der Waals surface area contributed by atoms with Crippen LogP contribution in [0.5, 0.6) is 5.75 Å². The lowest BCUT2D eigenvalue weighted by atomic mass is 10.1. The highest BCUT2D eigenvalue weighted by molar-refractivity contribution is 6.30. The quantitative estimate of drug-likeness (QED) is 0.490. The molecule has 1 heterocycles. The van der Waals surface area contributed by atoms with Crippen LogP contribution in [0.4, 0.5) is 5.69 Å². The van der Waals surface area contributed by atoms with Gasteiger partial charge < -0.3 is 15.4 Å². The van der Waals surface area contributed by atoms with Gasteiger partial charge in [0.25, 0.3) is 11.8 Å². The molecule has 1 aromatic heterocycles. The van der Waals surface area contributed by atoms with E-state index in [1.165, 1.54) is 7.11 Å². The molecule has 4 aromatic rings. The minimum atomic E-state index is -0.335. The predicted octanol–water partition coefficient (Wildman–Crippen LogP) is 4.30. The van der Waals surface area contributed by atoms with Gasteiger partial charge in [0.05, 0.1) is 23.8 Å². The number of hydrogen-bond acceptors (Lipinski definition) is 4. The van der Waals surface area contributed by atoms with Crippen molar-refractivity contribution in [1.29, 1.82) is 0 Å². The molecule has 0 aliphatic rings. The molecule has 0 radical (unpaired) electrons. The van der Waals surface area contributed by atoms with Crippen molar-refractivity contribution < 1.29 is 14.3 Å². The Hall–Kier alpha value is -3.84. The second-order valence-corrected chi connectivity index (χ2v) is 7.18. The average Bonchev–Trinajstić information content (AvgIpc) is 3.22. The summed E-state index contributed by atoms with van der Waals surface area (Å²) in [5.74, 6) is -0.141. The average molecular weight is 435 g/mol. The normalized spacial score (nSPS) is 10.7. The van der Waals surface area contributed by atoms with Crippen LogP contribution in [0.1, 0.15) is 20.7 Å². The molecular weight excluding hydrogens is 416 g/mol. The van der Waals surface area contributed by atoms with E-state index in [0.29, 0.717) is 27.6 Å². The van der Waals surface area contributed by atoms with E-state index in [0.717, 1.165) is 16.7 Å². The molecule has 4 rings (SSSR count). The zero-order chi connectivity index (χ0) is 22.0. The summed E-state index contributed by atoms with van der Waals surface area (Å²) in [6.07, 6.45) is 1.70. The van der Waals surface area contributed by atoms with Crippen LogP contribution in [0.25, 0.3) is 16.7 Å². The molecule has 0 aliphatic heterocycles. The summed E-state index contributed by atoms with van der Waals surface area (Å²) in [6.45, 7) is 0. The van der Waals surface area contributed by atoms with Gasteiger partial charge in [0, 0.05) is 28.9 Å². The monoisotopic (exact) mass is 434 g/mol. The molecule has 0 atom stereocenters. The Balaban J connectivity index is 1.68. The number of nitrogens with one attached hydrogen (secondary N) is 2. The van der Waals surface area contributed by atoms with Gasteiger partial charge in [-0.1, -0.05) is 11.6 Å². The smallest absolute Gasteiger partial charge is 0.255 e. The maximum absolute atomic E-state index is 13.0. The highest BCUT2D eigenvalue weighted by atomic mass is 35.5. The molecule has 0 saturated carbocycles. The Morgan fingerprint density at radius 1 is 0.968 bits per heavy atom. The zero-order valence-corrected chi connectivity index (χ0v) is 17.6. The van der Waals surface area contributed by atoms with E-state index in [-0.39, 0.29) is 11.8 Å². The van der Waals surface area contributed by atoms with E-state index >= 15 is 0 Å². The summed E-state index contributed by atoms with van der Waals surface area (Å²) in [5, 5.41) is 6.03. The summed E-state index contributed by atoms with van der Waals surface area (Å²) in [6, 6.07) is 17.4. The van der Waals surface area contributed by atoms with Crippen LogP contribution in [0.15, 0.2) is 67.0 Å². The molecule has 0 aliphatic carbocycles. The summed E-state index contributed by atoms with van der Waals surface area (Å²) < 4.78 is 7.21. The Morgan fingerprint density at radius 2 is 1.68 bits per heavy atom. The highest BCUT2D eigenvalue weighted by Gasteiger charge is 2.15. The van der Waals surface area contributed by atoms with E-state index in [1.54, 1.807) is 61.9 Å². The molecule has 7 nitrogen and oxygen atoms in total. The third-order valence-electron chi connectivity index (χ3n) is 4.85. The van der Waals surface area contributed by atoms with Crippen molar-refractivity contribution in [2.75, 3.05) is 19.5 Å². The third kappa shape index (κ3) is 4.08. The molecule has 0 saturated heterocycles. The Labute approximate surface area is 183 Å².